The summed E-state index contributed by atoms with van der Waals surface area (Å²) in [5, 5.41) is 0. The van der Waals surface area contributed by atoms with Gasteiger partial charge in [0.1, 0.15) is 0 Å². The van der Waals surface area contributed by atoms with E-state index in [-0.39, 0.29) is 5.41 Å². The predicted octanol–water partition coefficient (Wildman–Crippen LogP) is 4.36. The second-order valence-corrected chi connectivity index (χ2v) is 7.00. The number of unbranched alkanes of at least 4 members (excludes halogenated alkanes) is 1. The maximum absolute atomic E-state index is 12.2. The van der Waals surface area contributed by atoms with Crippen LogP contribution in [0.25, 0.3) is 0 Å². The Morgan fingerprint density at radius 3 is 2.55 bits per heavy atom. The van der Waals surface area contributed by atoms with Gasteiger partial charge < -0.3 is 0 Å². The topological polar surface area (TPSA) is 20.3 Å². The number of rotatable bonds is 5. The van der Waals surface area contributed by atoms with Gasteiger partial charge in [-0.25, -0.2) is 0 Å². The number of piperidine rings is 1. The Bertz CT molecular complexity index is 538. The van der Waals surface area contributed by atoms with Gasteiger partial charge in [0.2, 0.25) is 0 Å². The summed E-state index contributed by atoms with van der Waals surface area (Å²) in [4.78, 5) is 14.8. The largest absolute Gasteiger partial charge is 0.299 e. The molecule has 1 aliphatic carbocycles. The number of benzene rings is 1. The zero-order valence-corrected chi connectivity index (χ0v) is 13.7. The predicted molar refractivity (Wildman–Crippen MR) is 90.6 cm³/mol. The number of hydrogen-bond acceptors (Lipinski definition) is 2. The van der Waals surface area contributed by atoms with Gasteiger partial charge in [0, 0.05) is 13.0 Å². The van der Waals surface area contributed by atoms with Crippen molar-refractivity contribution in [1.29, 1.82) is 0 Å². The SMILES string of the molecule is CCCCC1=CC2(CCN(Cc3ccccc3)CC2)CC1=O. The van der Waals surface area contributed by atoms with Crippen LogP contribution in [-0.4, -0.2) is 23.8 Å². The molecule has 1 spiro atoms. The van der Waals surface area contributed by atoms with Gasteiger partial charge in [-0.2, -0.15) is 0 Å². The average Bonchev–Trinajstić information content (AvgIpc) is 2.85. The second kappa shape index (κ2) is 6.78. The van der Waals surface area contributed by atoms with Crippen molar-refractivity contribution < 1.29 is 4.79 Å². The molecule has 1 aromatic rings. The van der Waals surface area contributed by atoms with Crippen LogP contribution in [0, 0.1) is 5.41 Å². The first-order chi connectivity index (χ1) is 10.7. The molecule has 0 bridgehead atoms. The minimum Gasteiger partial charge on any atom is -0.299 e. The maximum Gasteiger partial charge on any atom is 0.159 e. The fourth-order valence-corrected chi connectivity index (χ4v) is 3.83. The molecule has 0 atom stereocenters. The average molecular weight is 297 g/mol. The van der Waals surface area contributed by atoms with Gasteiger partial charge >= 0.3 is 0 Å². The lowest BCUT2D eigenvalue weighted by atomic mass is 9.78. The number of nitrogens with zero attached hydrogens (tertiary/aromatic N) is 1. The van der Waals surface area contributed by atoms with Crippen LogP contribution in [0.4, 0.5) is 0 Å². The molecule has 0 unspecified atom stereocenters. The van der Waals surface area contributed by atoms with E-state index in [2.05, 4.69) is 48.2 Å². The minimum atomic E-state index is 0.188. The smallest absolute Gasteiger partial charge is 0.159 e. The monoisotopic (exact) mass is 297 g/mol. The number of allylic oxidation sites excluding steroid dienone is 2. The van der Waals surface area contributed by atoms with Crippen LogP contribution in [0.15, 0.2) is 42.0 Å². The quantitative estimate of drug-likeness (QED) is 0.805. The molecule has 2 heteroatoms. The van der Waals surface area contributed by atoms with Gasteiger partial charge in [-0.3, -0.25) is 9.69 Å². The number of likely N-dealkylation sites (tertiary alicyclic amines) is 1. The van der Waals surface area contributed by atoms with E-state index in [9.17, 15) is 4.79 Å². The third-order valence-electron chi connectivity index (χ3n) is 5.25. The summed E-state index contributed by atoms with van der Waals surface area (Å²) in [6, 6.07) is 10.7. The minimum absolute atomic E-state index is 0.188. The molecule has 1 aliphatic heterocycles. The lowest BCUT2D eigenvalue weighted by Crippen LogP contribution is -2.38. The Kier molecular flexibility index (Phi) is 4.77. The lowest BCUT2D eigenvalue weighted by Gasteiger charge is -2.38. The van der Waals surface area contributed by atoms with Crippen LogP contribution in [0.3, 0.4) is 0 Å². The highest BCUT2D eigenvalue weighted by Gasteiger charge is 2.40. The summed E-state index contributed by atoms with van der Waals surface area (Å²) in [6.07, 6.45) is 8.71. The van der Waals surface area contributed by atoms with E-state index in [1.54, 1.807) is 0 Å². The summed E-state index contributed by atoms with van der Waals surface area (Å²) in [5.41, 5.74) is 2.70. The van der Waals surface area contributed by atoms with Crippen molar-refractivity contribution in [3.05, 3.63) is 47.5 Å². The molecule has 118 valence electrons. The molecule has 0 amide bonds. The summed E-state index contributed by atoms with van der Waals surface area (Å²) < 4.78 is 0. The first-order valence-electron chi connectivity index (χ1n) is 8.72. The van der Waals surface area contributed by atoms with Crippen molar-refractivity contribution >= 4 is 5.78 Å². The van der Waals surface area contributed by atoms with Gasteiger partial charge in [0.15, 0.2) is 5.78 Å². The van der Waals surface area contributed by atoms with Crippen LogP contribution >= 0.6 is 0 Å². The molecule has 0 aromatic heterocycles. The molecular weight excluding hydrogens is 270 g/mol. The molecule has 3 rings (SSSR count). The van der Waals surface area contributed by atoms with Crippen molar-refractivity contribution in [1.82, 2.24) is 4.90 Å². The molecule has 22 heavy (non-hydrogen) atoms. The molecule has 0 radical (unpaired) electrons. The van der Waals surface area contributed by atoms with Crippen molar-refractivity contribution in [2.24, 2.45) is 5.41 Å². The van der Waals surface area contributed by atoms with Crippen LogP contribution < -0.4 is 0 Å². The number of Topliss-reactive ketones (excluding diaryl/α,β-unsaturated/α-hetero) is 1. The third kappa shape index (κ3) is 3.49. The standard InChI is InChI=1S/C20H27NO/c1-2-3-9-18-14-20(15-19(18)22)10-12-21(13-11-20)16-17-7-5-4-6-8-17/h4-8,14H,2-3,9-13,15-16H2,1H3. The van der Waals surface area contributed by atoms with Gasteiger partial charge in [0.05, 0.1) is 0 Å². The summed E-state index contributed by atoms with van der Waals surface area (Å²) >= 11 is 0. The van der Waals surface area contributed by atoms with Gasteiger partial charge in [-0.15, -0.1) is 0 Å². The Morgan fingerprint density at radius 2 is 1.86 bits per heavy atom. The van der Waals surface area contributed by atoms with E-state index in [1.807, 2.05) is 0 Å². The molecule has 1 aromatic carbocycles. The molecule has 0 N–H and O–H groups in total. The van der Waals surface area contributed by atoms with Gasteiger partial charge in [-0.05, 0) is 55.3 Å². The third-order valence-corrected chi connectivity index (χ3v) is 5.25. The van der Waals surface area contributed by atoms with Crippen LogP contribution in [0.5, 0.6) is 0 Å². The van der Waals surface area contributed by atoms with Crippen LogP contribution in [-0.2, 0) is 11.3 Å². The summed E-state index contributed by atoms with van der Waals surface area (Å²) in [5.74, 6) is 0.421. The highest BCUT2D eigenvalue weighted by Crippen LogP contribution is 2.44. The molecule has 1 fully saturated rings. The van der Waals surface area contributed by atoms with E-state index in [4.69, 9.17) is 0 Å². The van der Waals surface area contributed by atoms with Gasteiger partial charge in [-0.1, -0.05) is 49.8 Å². The Hall–Kier alpha value is -1.41. The van der Waals surface area contributed by atoms with E-state index in [0.717, 1.165) is 57.3 Å². The van der Waals surface area contributed by atoms with Crippen LogP contribution in [0.1, 0.15) is 51.0 Å². The van der Waals surface area contributed by atoms with Crippen molar-refractivity contribution in [3.8, 4) is 0 Å². The molecule has 2 nitrogen and oxygen atoms in total. The van der Waals surface area contributed by atoms with Crippen molar-refractivity contribution in [3.63, 3.8) is 0 Å². The first kappa shape index (κ1) is 15.5. The lowest BCUT2D eigenvalue weighted by molar-refractivity contribution is -0.116. The van der Waals surface area contributed by atoms with Crippen LogP contribution in [0.2, 0.25) is 0 Å². The molecule has 0 saturated carbocycles. The first-order valence-corrected chi connectivity index (χ1v) is 8.72. The number of carbonyl (C=O) groups is 1. The normalized spacial score (nSPS) is 21.3. The molecule has 1 heterocycles. The Morgan fingerprint density at radius 1 is 1.14 bits per heavy atom. The van der Waals surface area contributed by atoms with Crippen molar-refractivity contribution in [2.75, 3.05) is 13.1 Å². The second-order valence-electron chi connectivity index (χ2n) is 7.00. The van der Waals surface area contributed by atoms with E-state index in [1.165, 1.54) is 12.0 Å². The Labute approximate surface area is 134 Å². The van der Waals surface area contributed by atoms with E-state index < -0.39 is 0 Å². The summed E-state index contributed by atoms with van der Waals surface area (Å²) in [7, 11) is 0. The number of ketones is 1. The van der Waals surface area contributed by atoms with Gasteiger partial charge in [0.25, 0.3) is 0 Å². The van der Waals surface area contributed by atoms with Crippen molar-refractivity contribution in [2.45, 2.75) is 52.0 Å². The van der Waals surface area contributed by atoms with E-state index in [0.29, 0.717) is 5.78 Å². The zero-order chi connectivity index (χ0) is 15.4. The maximum atomic E-state index is 12.2. The number of carbonyl (C=O) groups excluding carboxylic acids is 1. The molecule has 2 aliphatic rings. The molecule has 1 saturated heterocycles. The summed E-state index contributed by atoms with van der Waals surface area (Å²) in [6.45, 7) is 5.45. The fourth-order valence-electron chi connectivity index (χ4n) is 3.83. The molecular formula is C20H27NO. The fraction of sp³-hybridized carbons (Fsp3) is 0.550. The zero-order valence-electron chi connectivity index (χ0n) is 13.7. The van der Waals surface area contributed by atoms with E-state index >= 15 is 0 Å². The number of hydrogen-bond donors (Lipinski definition) is 0. The Balaban J connectivity index is 1.57. The highest BCUT2D eigenvalue weighted by molar-refractivity contribution is 5.98. The highest BCUT2D eigenvalue weighted by atomic mass is 16.1.